The van der Waals surface area contributed by atoms with Gasteiger partial charge in [0.1, 0.15) is 0 Å². The van der Waals surface area contributed by atoms with Crippen LogP contribution in [0.1, 0.15) is 35.4 Å². The molecule has 0 unspecified atom stereocenters. The summed E-state index contributed by atoms with van der Waals surface area (Å²) in [5, 5.41) is 10.8. The fourth-order valence-corrected chi connectivity index (χ4v) is 4.37. The molecule has 3 heterocycles. The summed E-state index contributed by atoms with van der Waals surface area (Å²) < 4.78 is 0.627. The second kappa shape index (κ2) is 6.24. The third-order valence-corrected chi connectivity index (χ3v) is 5.56. The minimum Gasteiger partial charge on any atom is -0.387 e. The molecule has 0 radical (unpaired) electrons. The van der Waals surface area contributed by atoms with E-state index in [1.54, 1.807) is 17.0 Å². The maximum absolute atomic E-state index is 12.5. The van der Waals surface area contributed by atoms with Crippen molar-refractivity contribution in [2.75, 3.05) is 32.7 Å². The first-order valence-corrected chi connectivity index (χ1v) is 8.75. The topological polar surface area (TPSA) is 43.8 Å². The zero-order chi connectivity index (χ0) is 14.9. The zero-order valence-electron chi connectivity index (χ0n) is 12.1. The summed E-state index contributed by atoms with van der Waals surface area (Å²) in [6, 6.07) is 3.52. The highest BCUT2D eigenvalue weighted by atomic mass is 35.5. The Balaban J connectivity index is 1.65. The number of hydrogen-bond acceptors (Lipinski definition) is 4. The number of β-amino-alcohol motifs (C(OH)–C–C–N with tert-alkyl or cyclic N) is 1. The van der Waals surface area contributed by atoms with Gasteiger partial charge in [-0.3, -0.25) is 4.79 Å². The fraction of sp³-hybridized carbons (Fsp3) is 0.667. The van der Waals surface area contributed by atoms with Gasteiger partial charge in [0.2, 0.25) is 0 Å². The van der Waals surface area contributed by atoms with Gasteiger partial charge >= 0.3 is 0 Å². The van der Waals surface area contributed by atoms with Crippen molar-refractivity contribution >= 4 is 28.8 Å². The predicted octanol–water partition coefficient (Wildman–Crippen LogP) is 2.46. The van der Waals surface area contributed by atoms with Crippen LogP contribution in [0, 0.1) is 0 Å². The van der Waals surface area contributed by atoms with Gasteiger partial charge in [-0.05, 0) is 50.9 Å². The van der Waals surface area contributed by atoms with Crippen molar-refractivity contribution in [1.82, 2.24) is 9.80 Å². The van der Waals surface area contributed by atoms with Crippen molar-refractivity contribution in [3.8, 4) is 0 Å². The summed E-state index contributed by atoms with van der Waals surface area (Å²) in [4.78, 5) is 17.2. The number of nitrogens with zero attached hydrogens (tertiary/aromatic N) is 2. The van der Waals surface area contributed by atoms with Gasteiger partial charge in [-0.25, -0.2) is 0 Å². The van der Waals surface area contributed by atoms with Gasteiger partial charge in [-0.1, -0.05) is 11.6 Å². The van der Waals surface area contributed by atoms with E-state index in [4.69, 9.17) is 11.6 Å². The van der Waals surface area contributed by atoms with E-state index in [0.29, 0.717) is 22.3 Å². The average Bonchev–Trinajstić information content (AvgIpc) is 3.09. The zero-order valence-corrected chi connectivity index (χ0v) is 13.6. The van der Waals surface area contributed by atoms with E-state index in [0.717, 1.165) is 32.5 Å². The van der Waals surface area contributed by atoms with Crippen molar-refractivity contribution in [3.63, 3.8) is 0 Å². The van der Waals surface area contributed by atoms with E-state index in [-0.39, 0.29) is 5.91 Å². The van der Waals surface area contributed by atoms with Crippen molar-refractivity contribution in [3.05, 3.63) is 21.3 Å². The van der Waals surface area contributed by atoms with Crippen LogP contribution in [0.5, 0.6) is 0 Å². The summed E-state index contributed by atoms with van der Waals surface area (Å²) in [7, 11) is 0. The molecule has 2 aliphatic rings. The lowest BCUT2D eigenvalue weighted by atomic mass is 9.92. The van der Waals surface area contributed by atoms with Gasteiger partial charge in [0, 0.05) is 13.1 Å². The van der Waals surface area contributed by atoms with Crippen LogP contribution < -0.4 is 0 Å². The molecule has 2 saturated heterocycles. The van der Waals surface area contributed by atoms with Gasteiger partial charge < -0.3 is 14.9 Å². The van der Waals surface area contributed by atoms with Gasteiger partial charge in [-0.15, -0.1) is 11.3 Å². The van der Waals surface area contributed by atoms with E-state index in [1.165, 1.54) is 24.2 Å². The number of piperidine rings is 1. The Morgan fingerprint density at radius 1 is 1.29 bits per heavy atom. The van der Waals surface area contributed by atoms with Crippen LogP contribution in [-0.4, -0.2) is 59.1 Å². The van der Waals surface area contributed by atoms with Gasteiger partial charge in [0.25, 0.3) is 5.91 Å². The Morgan fingerprint density at radius 2 is 2.05 bits per heavy atom. The number of halogens is 1. The van der Waals surface area contributed by atoms with E-state index < -0.39 is 5.60 Å². The highest BCUT2D eigenvalue weighted by Crippen LogP contribution is 2.28. The molecule has 3 rings (SSSR count). The average molecular weight is 329 g/mol. The molecule has 2 aliphatic heterocycles. The largest absolute Gasteiger partial charge is 0.387 e. The second-order valence-electron chi connectivity index (χ2n) is 6.14. The van der Waals surface area contributed by atoms with Crippen LogP contribution in [0.4, 0.5) is 0 Å². The van der Waals surface area contributed by atoms with Crippen LogP contribution in [0.2, 0.25) is 4.34 Å². The Labute approximate surface area is 134 Å². The second-order valence-corrected chi connectivity index (χ2v) is 7.86. The van der Waals surface area contributed by atoms with Gasteiger partial charge in [-0.2, -0.15) is 0 Å². The molecule has 21 heavy (non-hydrogen) atoms. The molecule has 1 amide bonds. The first-order chi connectivity index (χ1) is 10.1. The third kappa shape index (κ3) is 3.59. The molecular weight excluding hydrogens is 308 g/mol. The number of hydrogen-bond donors (Lipinski definition) is 1. The Morgan fingerprint density at radius 3 is 2.71 bits per heavy atom. The monoisotopic (exact) mass is 328 g/mol. The molecule has 1 atom stereocenters. The number of carbonyl (C=O) groups excluding carboxylic acids is 1. The molecule has 0 saturated carbocycles. The minimum absolute atomic E-state index is 0.00792. The summed E-state index contributed by atoms with van der Waals surface area (Å²) in [6.07, 6.45) is 4.06. The van der Waals surface area contributed by atoms with E-state index in [1.807, 2.05) is 0 Å². The summed E-state index contributed by atoms with van der Waals surface area (Å²) in [5.74, 6) is -0.00792. The van der Waals surface area contributed by atoms with Crippen molar-refractivity contribution in [2.24, 2.45) is 0 Å². The third-order valence-electron chi connectivity index (χ3n) is 4.34. The van der Waals surface area contributed by atoms with Gasteiger partial charge in [0.15, 0.2) is 0 Å². The van der Waals surface area contributed by atoms with Crippen LogP contribution in [-0.2, 0) is 0 Å². The normalized spacial score (nSPS) is 27.2. The molecular formula is C15H21ClN2O2S. The number of amides is 1. The van der Waals surface area contributed by atoms with Crippen LogP contribution in [0.3, 0.4) is 0 Å². The molecule has 0 aliphatic carbocycles. The molecule has 2 fully saturated rings. The Bertz CT molecular complexity index is 516. The number of rotatable bonds is 3. The van der Waals surface area contributed by atoms with Crippen molar-refractivity contribution in [2.45, 2.75) is 31.3 Å². The lowest BCUT2D eigenvalue weighted by Crippen LogP contribution is -2.55. The molecule has 0 bridgehead atoms. The van der Waals surface area contributed by atoms with E-state index in [9.17, 15) is 9.90 Å². The van der Waals surface area contributed by atoms with Gasteiger partial charge in [0.05, 0.1) is 21.4 Å². The van der Waals surface area contributed by atoms with E-state index >= 15 is 0 Å². The number of carbonyl (C=O) groups is 1. The molecule has 0 aromatic carbocycles. The number of thiophene rings is 1. The lowest BCUT2D eigenvalue weighted by molar-refractivity contribution is -0.0430. The molecule has 1 aromatic rings. The predicted molar refractivity (Wildman–Crippen MR) is 85.1 cm³/mol. The Hall–Kier alpha value is -0.620. The minimum atomic E-state index is -0.765. The molecule has 4 nitrogen and oxygen atoms in total. The van der Waals surface area contributed by atoms with Crippen LogP contribution in [0.15, 0.2) is 12.1 Å². The maximum atomic E-state index is 12.5. The van der Waals surface area contributed by atoms with E-state index in [2.05, 4.69) is 4.90 Å². The van der Waals surface area contributed by atoms with Crippen molar-refractivity contribution in [1.29, 1.82) is 0 Å². The number of likely N-dealkylation sites (tertiary alicyclic amines) is 2. The first kappa shape index (κ1) is 15.3. The Kier molecular flexibility index (Phi) is 4.54. The summed E-state index contributed by atoms with van der Waals surface area (Å²) >= 11 is 7.21. The lowest BCUT2D eigenvalue weighted by Gasteiger charge is -2.41. The fourth-order valence-electron chi connectivity index (χ4n) is 3.36. The first-order valence-electron chi connectivity index (χ1n) is 7.55. The molecule has 116 valence electrons. The smallest absolute Gasteiger partial charge is 0.264 e. The van der Waals surface area contributed by atoms with Crippen LogP contribution in [0.25, 0.3) is 0 Å². The standard InChI is InChI=1S/C15H21ClN2O2S/c16-13-5-4-12(21-13)14(19)18-9-3-6-15(20,11-18)10-17-7-1-2-8-17/h4-5,20H,1-3,6-11H2/t15-/m0/s1. The maximum Gasteiger partial charge on any atom is 0.264 e. The highest BCUT2D eigenvalue weighted by Gasteiger charge is 2.37. The summed E-state index contributed by atoms with van der Waals surface area (Å²) in [6.45, 7) is 3.96. The van der Waals surface area contributed by atoms with Crippen LogP contribution >= 0.6 is 22.9 Å². The van der Waals surface area contributed by atoms with Crippen molar-refractivity contribution < 1.29 is 9.90 Å². The molecule has 6 heteroatoms. The summed E-state index contributed by atoms with van der Waals surface area (Å²) in [5.41, 5.74) is -0.765. The highest BCUT2D eigenvalue weighted by molar-refractivity contribution is 7.17. The molecule has 1 aromatic heterocycles. The molecule has 0 spiro atoms. The quantitative estimate of drug-likeness (QED) is 0.927. The SMILES string of the molecule is O=C(c1ccc(Cl)s1)N1CCC[C@](O)(CN2CCCC2)C1. The number of aliphatic hydroxyl groups is 1. The molecule has 1 N–H and O–H groups in total.